The molecule has 1 aliphatic rings. The lowest BCUT2D eigenvalue weighted by atomic mass is 9.96. The Labute approximate surface area is 112 Å². The first-order valence-electron chi connectivity index (χ1n) is 5.44. The van der Waals surface area contributed by atoms with Crippen molar-refractivity contribution in [1.29, 1.82) is 0 Å². The van der Waals surface area contributed by atoms with Crippen LogP contribution in [0.25, 0.3) is 0 Å². The quantitative estimate of drug-likeness (QED) is 0.732. The number of Topliss-reactive ketones (excluding diaryl/α,β-unsaturated/α-hetero) is 1. The molecule has 1 saturated heterocycles. The van der Waals surface area contributed by atoms with Crippen LogP contribution in [0, 0.1) is 5.92 Å². The number of amides is 1. The number of aliphatic carboxylic acids is 1. The third-order valence-corrected chi connectivity index (χ3v) is 2.37. The molecular weight excluding hydrogens is 262 g/mol. The maximum Gasteiger partial charge on any atom is 0.410 e. The van der Waals surface area contributed by atoms with E-state index in [0.29, 0.717) is 0 Å². The number of nitrogens with zero attached hydrogens (tertiary/aromatic N) is 1. The molecule has 0 aliphatic carbocycles. The van der Waals surface area contributed by atoms with Gasteiger partial charge in [-0.3, -0.25) is 9.59 Å². The van der Waals surface area contributed by atoms with Crippen molar-refractivity contribution in [3.8, 4) is 0 Å². The number of hydrogen-bond acceptors (Lipinski definition) is 4. The highest BCUT2D eigenvalue weighted by molar-refractivity contribution is 6.00. The topological polar surface area (TPSA) is 83.9 Å². The van der Waals surface area contributed by atoms with Gasteiger partial charge in [0.25, 0.3) is 0 Å². The number of piperidine rings is 1. The van der Waals surface area contributed by atoms with E-state index in [1.165, 1.54) is 4.90 Å². The van der Waals surface area contributed by atoms with Crippen LogP contribution in [0.2, 0.25) is 0 Å². The zero-order chi connectivity index (χ0) is 13.2. The molecule has 0 spiro atoms. The molecule has 1 aliphatic heterocycles. The lowest BCUT2D eigenvalue weighted by Crippen LogP contribution is -2.47. The summed E-state index contributed by atoms with van der Waals surface area (Å²) >= 11 is 0. The Hall–Kier alpha value is -1.30. The monoisotopic (exact) mass is 279 g/mol. The SMILES string of the molecule is CC(C)(C)OC(=O)N1CCC(C(=O)O)C(=O)C1.Cl. The summed E-state index contributed by atoms with van der Waals surface area (Å²) in [6.07, 6.45) is -0.428. The summed E-state index contributed by atoms with van der Waals surface area (Å²) in [5.74, 6) is -2.57. The number of halogens is 1. The molecule has 7 heteroatoms. The number of hydrogen-bond donors (Lipinski definition) is 1. The van der Waals surface area contributed by atoms with Gasteiger partial charge in [0.2, 0.25) is 0 Å². The van der Waals surface area contributed by atoms with Gasteiger partial charge in [-0.05, 0) is 27.2 Å². The summed E-state index contributed by atoms with van der Waals surface area (Å²) < 4.78 is 5.11. The highest BCUT2D eigenvalue weighted by atomic mass is 35.5. The number of ether oxygens (including phenoxy) is 1. The maximum atomic E-state index is 11.6. The van der Waals surface area contributed by atoms with Gasteiger partial charge in [0.05, 0.1) is 6.54 Å². The normalized spacial score (nSPS) is 20.1. The Morgan fingerprint density at radius 3 is 2.33 bits per heavy atom. The van der Waals surface area contributed by atoms with Crippen LogP contribution in [0.4, 0.5) is 4.79 Å². The fourth-order valence-electron chi connectivity index (χ4n) is 1.57. The molecule has 0 aromatic heterocycles. The van der Waals surface area contributed by atoms with E-state index in [9.17, 15) is 14.4 Å². The van der Waals surface area contributed by atoms with Gasteiger partial charge in [0.1, 0.15) is 11.5 Å². The number of carboxylic acids is 1. The number of likely N-dealkylation sites (tertiary alicyclic amines) is 1. The maximum absolute atomic E-state index is 11.6. The minimum Gasteiger partial charge on any atom is -0.481 e. The molecule has 6 nitrogen and oxygen atoms in total. The molecule has 1 heterocycles. The second-order valence-corrected chi connectivity index (χ2v) is 5.05. The molecule has 0 radical (unpaired) electrons. The van der Waals surface area contributed by atoms with Gasteiger partial charge in [-0.1, -0.05) is 0 Å². The second kappa shape index (κ2) is 6.04. The van der Waals surface area contributed by atoms with Crippen molar-refractivity contribution in [3.05, 3.63) is 0 Å². The molecule has 1 rings (SSSR count). The molecule has 104 valence electrons. The van der Waals surface area contributed by atoms with E-state index in [-0.39, 0.29) is 31.9 Å². The average molecular weight is 280 g/mol. The Morgan fingerprint density at radius 2 is 1.94 bits per heavy atom. The van der Waals surface area contributed by atoms with E-state index in [1.54, 1.807) is 20.8 Å². The molecule has 1 atom stereocenters. The summed E-state index contributed by atoms with van der Waals surface area (Å²) in [7, 11) is 0. The highest BCUT2D eigenvalue weighted by Crippen LogP contribution is 2.17. The van der Waals surface area contributed by atoms with Crippen LogP contribution in [0.15, 0.2) is 0 Å². The zero-order valence-electron chi connectivity index (χ0n) is 10.6. The Morgan fingerprint density at radius 1 is 1.39 bits per heavy atom. The van der Waals surface area contributed by atoms with Crippen LogP contribution in [0.3, 0.4) is 0 Å². The fourth-order valence-corrected chi connectivity index (χ4v) is 1.57. The van der Waals surface area contributed by atoms with E-state index >= 15 is 0 Å². The average Bonchev–Trinajstić information content (AvgIpc) is 2.14. The van der Waals surface area contributed by atoms with Gasteiger partial charge >= 0.3 is 12.1 Å². The largest absolute Gasteiger partial charge is 0.481 e. The third kappa shape index (κ3) is 4.52. The predicted octanol–water partition coefficient (Wildman–Crippen LogP) is 1.32. The molecule has 18 heavy (non-hydrogen) atoms. The second-order valence-electron chi connectivity index (χ2n) is 5.05. The zero-order valence-corrected chi connectivity index (χ0v) is 11.5. The van der Waals surface area contributed by atoms with Crippen molar-refractivity contribution in [2.45, 2.75) is 32.8 Å². The molecule has 0 aromatic rings. The smallest absolute Gasteiger partial charge is 0.410 e. The third-order valence-electron chi connectivity index (χ3n) is 2.37. The van der Waals surface area contributed by atoms with Crippen molar-refractivity contribution in [2.75, 3.05) is 13.1 Å². The van der Waals surface area contributed by atoms with E-state index in [1.807, 2.05) is 0 Å². The van der Waals surface area contributed by atoms with Crippen LogP contribution >= 0.6 is 12.4 Å². The van der Waals surface area contributed by atoms with E-state index < -0.39 is 29.4 Å². The number of carbonyl (C=O) groups is 3. The Bertz CT molecular complexity index is 350. The van der Waals surface area contributed by atoms with E-state index in [2.05, 4.69) is 0 Å². The molecule has 1 unspecified atom stereocenters. The summed E-state index contributed by atoms with van der Waals surface area (Å²) in [5.41, 5.74) is -0.621. The first-order chi connectivity index (χ1) is 7.70. The molecular formula is C11H18ClNO5. The molecule has 0 bridgehead atoms. The van der Waals surface area contributed by atoms with Crippen molar-refractivity contribution in [1.82, 2.24) is 4.90 Å². The first kappa shape index (κ1) is 16.7. The number of carbonyl (C=O) groups excluding carboxylic acids is 2. The molecule has 1 N–H and O–H groups in total. The predicted molar refractivity (Wildman–Crippen MR) is 65.8 cm³/mol. The molecule has 1 amide bonds. The van der Waals surface area contributed by atoms with Crippen LogP contribution in [0.5, 0.6) is 0 Å². The summed E-state index contributed by atoms with van der Waals surface area (Å²) in [4.78, 5) is 35.1. The minimum atomic E-state index is -1.13. The lowest BCUT2D eigenvalue weighted by molar-refractivity contribution is -0.148. The molecule has 0 saturated carbocycles. The summed E-state index contributed by atoms with van der Waals surface area (Å²) in [5, 5.41) is 8.76. The van der Waals surface area contributed by atoms with Crippen molar-refractivity contribution in [2.24, 2.45) is 5.92 Å². The van der Waals surface area contributed by atoms with E-state index in [4.69, 9.17) is 9.84 Å². The number of rotatable bonds is 1. The van der Waals surface area contributed by atoms with Gasteiger partial charge in [-0.2, -0.15) is 0 Å². The molecule has 0 aromatic carbocycles. The fraction of sp³-hybridized carbons (Fsp3) is 0.727. The van der Waals surface area contributed by atoms with Crippen LogP contribution in [-0.2, 0) is 14.3 Å². The van der Waals surface area contributed by atoms with Gasteiger partial charge in [-0.15, -0.1) is 12.4 Å². The van der Waals surface area contributed by atoms with Crippen molar-refractivity contribution in [3.63, 3.8) is 0 Å². The summed E-state index contributed by atoms with van der Waals surface area (Å²) in [6.45, 7) is 5.24. The lowest BCUT2D eigenvalue weighted by Gasteiger charge is -2.31. The van der Waals surface area contributed by atoms with Crippen molar-refractivity contribution < 1.29 is 24.2 Å². The van der Waals surface area contributed by atoms with Crippen molar-refractivity contribution >= 4 is 30.3 Å². The van der Waals surface area contributed by atoms with Gasteiger partial charge in [-0.25, -0.2) is 4.79 Å². The van der Waals surface area contributed by atoms with Crippen LogP contribution in [0.1, 0.15) is 27.2 Å². The highest BCUT2D eigenvalue weighted by Gasteiger charge is 2.35. The Balaban J connectivity index is 0.00000289. The van der Waals surface area contributed by atoms with Gasteiger partial charge < -0.3 is 14.7 Å². The standard InChI is InChI=1S/C11H17NO5.ClH/c1-11(2,3)17-10(16)12-5-4-7(9(14)15)8(13)6-12;/h7H,4-6H2,1-3H3,(H,14,15);1H. The summed E-state index contributed by atoms with van der Waals surface area (Å²) in [6, 6.07) is 0. The van der Waals surface area contributed by atoms with Crippen LogP contribution < -0.4 is 0 Å². The van der Waals surface area contributed by atoms with Crippen LogP contribution in [-0.4, -0.2) is 46.5 Å². The molecule has 1 fully saturated rings. The number of ketones is 1. The van der Waals surface area contributed by atoms with E-state index in [0.717, 1.165) is 0 Å². The number of carboxylic acid groups (broad SMARTS) is 1. The Kier molecular flexibility index (Phi) is 5.60. The van der Waals surface area contributed by atoms with Gasteiger partial charge in [0, 0.05) is 6.54 Å². The first-order valence-corrected chi connectivity index (χ1v) is 5.44. The minimum absolute atomic E-state index is 0. The van der Waals surface area contributed by atoms with Gasteiger partial charge in [0.15, 0.2) is 5.78 Å².